The monoisotopic (exact) mass is 342 g/mol. The molecule has 4 aliphatic carbocycles. The predicted octanol–water partition coefficient (Wildman–Crippen LogP) is 5.38. The minimum Gasteiger partial charge on any atom is -0.297 e. The highest BCUT2D eigenvalue weighted by Crippen LogP contribution is 2.45. The van der Waals surface area contributed by atoms with Gasteiger partial charge >= 0.3 is 0 Å². The Morgan fingerprint density at radius 1 is 0.720 bits per heavy atom. The summed E-state index contributed by atoms with van der Waals surface area (Å²) in [6.07, 6.45) is 24.1. The molecule has 0 bridgehead atoms. The van der Waals surface area contributed by atoms with Gasteiger partial charge in [0.25, 0.3) is 0 Å². The molecule has 6 atom stereocenters. The van der Waals surface area contributed by atoms with Crippen LogP contribution < -0.4 is 0 Å². The Morgan fingerprint density at radius 2 is 1.24 bits per heavy atom. The summed E-state index contributed by atoms with van der Waals surface area (Å²) in [7, 11) is 0. The molecule has 0 aliphatic heterocycles. The summed E-state index contributed by atoms with van der Waals surface area (Å²) in [6, 6.07) is 1.48. The zero-order valence-electron chi connectivity index (χ0n) is 15.8. The Hall–Kier alpha value is -0.600. The largest absolute Gasteiger partial charge is 0.297 e. The second kappa shape index (κ2) is 8.39. The van der Waals surface area contributed by atoms with Crippen LogP contribution >= 0.6 is 0 Å². The Bertz CT molecular complexity index is 444. The first kappa shape index (κ1) is 17.8. The first-order chi connectivity index (χ1) is 12.4. The van der Waals surface area contributed by atoms with E-state index in [1.54, 1.807) is 0 Å². The highest BCUT2D eigenvalue weighted by atomic mass is 16.3. The topological polar surface area (TPSA) is 23.1 Å². The lowest BCUT2D eigenvalue weighted by Gasteiger charge is -2.52. The zero-order valence-corrected chi connectivity index (χ0v) is 15.8. The molecule has 0 aromatic rings. The van der Waals surface area contributed by atoms with Gasteiger partial charge in [0.05, 0.1) is 6.61 Å². The second-order valence-electron chi connectivity index (χ2n) is 9.03. The molecule has 4 aliphatic rings. The maximum atomic E-state index is 11.3. The quantitative estimate of drug-likeness (QED) is 0.615. The van der Waals surface area contributed by atoms with Crippen molar-refractivity contribution < 1.29 is 5.11 Å². The third kappa shape index (κ3) is 3.76. The Labute approximate surface area is 154 Å². The standard InChI is InChI=1S/C23H36NO/c25-17-7-16-24(22-14-5-10-18-8-1-3-12-20(18)22)23-15-6-11-19-9-2-4-13-21(19)23/h1-4,18-23H,5-17H2. The van der Waals surface area contributed by atoms with Crippen LogP contribution in [0.1, 0.15) is 70.6 Å². The predicted molar refractivity (Wildman–Crippen MR) is 103 cm³/mol. The smallest absolute Gasteiger partial charge is 0.0834 e. The van der Waals surface area contributed by atoms with Crippen LogP contribution in [0, 0.1) is 23.7 Å². The van der Waals surface area contributed by atoms with Gasteiger partial charge in [-0.25, -0.2) is 5.11 Å². The van der Waals surface area contributed by atoms with Crippen LogP contribution in [0.25, 0.3) is 0 Å². The molecule has 0 N–H and O–H groups in total. The van der Waals surface area contributed by atoms with Crippen molar-refractivity contribution in [1.29, 1.82) is 0 Å². The average molecular weight is 343 g/mol. The number of fused-ring (bicyclic) bond motifs is 2. The van der Waals surface area contributed by atoms with E-state index in [1.807, 2.05) is 0 Å². The van der Waals surface area contributed by atoms with E-state index in [4.69, 9.17) is 0 Å². The van der Waals surface area contributed by atoms with Gasteiger partial charge in [-0.1, -0.05) is 37.1 Å². The van der Waals surface area contributed by atoms with Gasteiger partial charge in [-0.2, -0.15) is 0 Å². The van der Waals surface area contributed by atoms with Crippen LogP contribution in [-0.4, -0.2) is 30.1 Å². The molecular formula is C23H36NO. The fourth-order valence-electron chi connectivity index (χ4n) is 6.64. The van der Waals surface area contributed by atoms with E-state index in [1.165, 1.54) is 64.2 Å². The molecule has 139 valence electrons. The molecule has 0 spiro atoms. The lowest BCUT2D eigenvalue weighted by Crippen LogP contribution is -2.55. The van der Waals surface area contributed by atoms with Crippen molar-refractivity contribution in [2.24, 2.45) is 23.7 Å². The Morgan fingerprint density at radius 3 is 1.76 bits per heavy atom. The van der Waals surface area contributed by atoms with Crippen molar-refractivity contribution in [3.63, 3.8) is 0 Å². The van der Waals surface area contributed by atoms with Crippen molar-refractivity contribution in [2.45, 2.75) is 82.7 Å². The van der Waals surface area contributed by atoms with Crippen LogP contribution in [0.5, 0.6) is 0 Å². The number of rotatable bonds is 5. The average Bonchev–Trinajstić information content (AvgIpc) is 2.68. The molecule has 2 fully saturated rings. The third-order valence-corrected chi connectivity index (χ3v) is 7.79. The number of hydrogen-bond acceptors (Lipinski definition) is 1. The van der Waals surface area contributed by atoms with Gasteiger partial charge in [0, 0.05) is 18.6 Å². The minimum absolute atomic E-state index is 0.0952. The van der Waals surface area contributed by atoms with E-state index < -0.39 is 0 Å². The molecule has 25 heavy (non-hydrogen) atoms. The second-order valence-corrected chi connectivity index (χ2v) is 9.03. The summed E-state index contributed by atoms with van der Waals surface area (Å²) in [5.74, 6) is 3.52. The van der Waals surface area contributed by atoms with Crippen molar-refractivity contribution in [3.8, 4) is 0 Å². The molecule has 0 amide bonds. The minimum atomic E-state index is 0.0952. The summed E-state index contributed by atoms with van der Waals surface area (Å²) in [4.78, 5) is 2.89. The molecule has 1 radical (unpaired) electrons. The van der Waals surface area contributed by atoms with E-state index >= 15 is 0 Å². The molecule has 2 saturated carbocycles. The molecule has 0 aromatic heterocycles. The summed E-state index contributed by atoms with van der Waals surface area (Å²) < 4.78 is 0. The van der Waals surface area contributed by atoms with E-state index in [0.717, 1.165) is 48.7 Å². The molecule has 0 aromatic carbocycles. The zero-order chi connectivity index (χ0) is 17.1. The molecule has 2 heteroatoms. The number of hydrogen-bond donors (Lipinski definition) is 0. The molecule has 2 nitrogen and oxygen atoms in total. The summed E-state index contributed by atoms with van der Waals surface area (Å²) >= 11 is 0. The van der Waals surface area contributed by atoms with Crippen molar-refractivity contribution >= 4 is 0 Å². The summed E-state index contributed by atoms with van der Waals surface area (Å²) in [5.41, 5.74) is 0. The molecule has 6 unspecified atom stereocenters. The lowest BCUT2D eigenvalue weighted by atomic mass is 9.66. The number of nitrogens with zero attached hydrogens (tertiary/aromatic N) is 1. The van der Waals surface area contributed by atoms with Crippen molar-refractivity contribution in [2.75, 3.05) is 13.2 Å². The maximum Gasteiger partial charge on any atom is 0.0834 e. The van der Waals surface area contributed by atoms with Gasteiger partial charge in [-0.15, -0.1) is 0 Å². The van der Waals surface area contributed by atoms with E-state index in [2.05, 4.69) is 29.2 Å². The van der Waals surface area contributed by atoms with E-state index in [0.29, 0.717) is 0 Å². The van der Waals surface area contributed by atoms with Crippen molar-refractivity contribution in [1.82, 2.24) is 4.90 Å². The first-order valence-electron chi connectivity index (χ1n) is 11.0. The first-order valence-corrected chi connectivity index (χ1v) is 11.0. The Balaban J connectivity index is 1.56. The van der Waals surface area contributed by atoms with Gasteiger partial charge in [-0.05, 0) is 81.5 Å². The highest BCUT2D eigenvalue weighted by Gasteiger charge is 2.43. The Kier molecular flexibility index (Phi) is 5.98. The lowest BCUT2D eigenvalue weighted by molar-refractivity contribution is -0.0208. The van der Waals surface area contributed by atoms with E-state index in [9.17, 15) is 5.11 Å². The molecule has 4 rings (SSSR count). The van der Waals surface area contributed by atoms with Crippen LogP contribution in [-0.2, 0) is 5.11 Å². The van der Waals surface area contributed by atoms with Crippen LogP contribution in [0.15, 0.2) is 24.3 Å². The fourth-order valence-corrected chi connectivity index (χ4v) is 6.64. The van der Waals surface area contributed by atoms with Gasteiger partial charge < -0.3 is 0 Å². The maximum absolute atomic E-state index is 11.3. The summed E-state index contributed by atoms with van der Waals surface area (Å²) in [5, 5.41) is 11.3. The van der Waals surface area contributed by atoms with E-state index in [-0.39, 0.29) is 6.61 Å². The fraction of sp³-hybridized carbons (Fsp3) is 0.826. The molecular weight excluding hydrogens is 306 g/mol. The van der Waals surface area contributed by atoms with Gasteiger partial charge in [0.1, 0.15) is 0 Å². The van der Waals surface area contributed by atoms with Gasteiger partial charge in [0.15, 0.2) is 0 Å². The third-order valence-electron chi connectivity index (χ3n) is 7.79. The molecule has 0 saturated heterocycles. The van der Waals surface area contributed by atoms with Crippen molar-refractivity contribution in [3.05, 3.63) is 24.3 Å². The van der Waals surface area contributed by atoms with Crippen LogP contribution in [0.4, 0.5) is 0 Å². The van der Waals surface area contributed by atoms with Crippen LogP contribution in [0.2, 0.25) is 0 Å². The van der Waals surface area contributed by atoms with Crippen LogP contribution in [0.3, 0.4) is 0 Å². The highest BCUT2D eigenvalue weighted by molar-refractivity contribution is 5.05. The van der Waals surface area contributed by atoms with Gasteiger partial charge in [-0.3, -0.25) is 4.90 Å². The normalized spacial score (nSPS) is 40.7. The SMILES string of the molecule is [O]CCCN(C1CCCC2CC=CCC21)C1CCCC2CC=CCC21. The van der Waals surface area contributed by atoms with Gasteiger partial charge in [0.2, 0.25) is 0 Å². The number of allylic oxidation sites excluding steroid dienone is 4. The molecule has 0 heterocycles. The summed E-state index contributed by atoms with van der Waals surface area (Å²) in [6.45, 7) is 1.15.